The van der Waals surface area contributed by atoms with Crippen LogP contribution in [0, 0.1) is 18.8 Å². The van der Waals surface area contributed by atoms with E-state index in [-0.39, 0.29) is 5.75 Å². The molecule has 0 saturated carbocycles. The quantitative estimate of drug-likeness (QED) is 0.625. The van der Waals surface area contributed by atoms with Gasteiger partial charge in [-0.1, -0.05) is 65.9 Å². The molecule has 3 rings (SSSR count). The number of hydrogen-bond donors (Lipinski definition) is 1. The molecule has 0 radical (unpaired) electrons. The number of phenols is 1. The van der Waals surface area contributed by atoms with Crippen molar-refractivity contribution in [3.63, 3.8) is 0 Å². The smallest absolute Gasteiger partial charge is 0.115 e. The molecule has 0 saturated heterocycles. The number of aromatic hydroxyl groups is 1. The molecule has 0 aliphatic heterocycles. The fraction of sp³-hybridized carbons (Fsp3) is 0.0435. The molecule has 1 nitrogen and oxygen atoms in total. The first-order valence-electron chi connectivity index (χ1n) is 7.85. The van der Waals surface area contributed by atoms with Gasteiger partial charge < -0.3 is 5.11 Å². The van der Waals surface area contributed by atoms with Gasteiger partial charge in [-0.3, -0.25) is 0 Å². The zero-order valence-corrected chi connectivity index (χ0v) is 13.5. The maximum Gasteiger partial charge on any atom is 0.115 e. The van der Waals surface area contributed by atoms with Gasteiger partial charge in [0.05, 0.1) is 0 Å². The lowest BCUT2D eigenvalue weighted by atomic mass is 9.98. The van der Waals surface area contributed by atoms with Crippen molar-refractivity contribution < 1.29 is 5.11 Å². The summed E-state index contributed by atoms with van der Waals surface area (Å²) in [5.41, 5.74) is 5.67. The Morgan fingerprint density at radius 3 is 2.29 bits per heavy atom. The fourth-order valence-corrected chi connectivity index (χ4v) is 2.44. The summed E-state index contributed by atoms with van der Waals surface area (Å²) in [6.07, 6.45) is 3.89. The molecule has 24 heavy (non-hydrogen) atoms. The molecule has 0 aliphatic carbocycles. The summed E-state index contributed by atoms with van der Waals surface area (Å²) in [7, 11) is 0. The molecule has 3 aromatic rings. The molecule has 0 amide bonds. The van der Waals surface area contributed by atoms with Gasteiger partial charge in [0.1, 0.15) is 5.75 Å². The first-order chi connectivity index (χ1) is 11.7. The van der Waals surface area contributed by atoms with Crippen LogP contribution in [0.4, 0.5) is 0 Å². The van der Waals surface area contributed by atoms with Crippen LogP contribution in [-0.2, 0) is 0 Å². The Morgan fingerprint density at radius 1 is 0.833 bits per heavy atom. The molecule has 1 heteroatoms. The summed E-state index contributed by atoms with van der Waals surface area (Å²) in [6.45, 7) is 2.09. The van der Waals surface area contributed by atoms with Crippen molar-refractivity contribution >= 4 is 6.08 Å². The summed E-state index contributed by atoms with van der Waals surface area (Å²) in [6, 6.07) is 23.7. The third-order valence-electron chi connectivity index (χ3n) is 3.75. The number of benzene rings is 3. The minimum Gasteiger partial charge on any atom is -0.508 e. The molecule has 0 aliphatic rings. The van der Waals surface area contributed by atoms with Gasteiger partial charge in [-0.25, -0.2) is 0 Å². The molecular weight excluding hydrogens is 292 g/mol. The summed E-state index contributed by atoms with van der Waals surface area (Å²) >= 11 is 0. The topological polar surface area (TPSA) is 20.2 Å². The maximum absolute atomic E-state index is 9.27. The van der Waals surface area contributed by atoms with Crippen LogP contribution in [0.5, 0.6) is 5.75 Å². The van der Waals surface area contributed by atoms with E-state index >= 15 is 0 Å². The fourth-order valence-electron chi connectivity index (χ4n) is 2.44. The van der Waals surface area contributed by atoms with E-state index in [1.807, 2.05) is 18.2 Å². The number of allylic oxidation sites excluding steroid dienone is 1. The Kier molecular flexibility index (Phi) is 4.79. The summed E-state index contributed by atoms with van der Waals surface area (Å²) < 4.78 is 0. The van der Waals surface area contributed by atoms with Gasteiger partial charge in [0.2, 0.25) is 0 Å². The van der Waals surface area contributed by atoms with Crippen molar-refractivity contribution in [2.75, 3.05) is 0 Å². The average molecular weight is 310 g/mol. The normalized spacial score (nSPS) is 10.4. The minimum absolute atomic E-state index is 0.253. The Labute approximate surface area is 142 Å². The zero-order valence-electron chi connectivity index (χ0n) is 13.5. The van der Waals surface area contributed by atoms with E-state index in [0.29, 0.717) is 0 Å². The molecule has 116 valence electrons. The van der Waals surface area contributed by atoms with E-state index < -0.39 is 0 Å². The highest BCUT2D eigenvalue weighted by atomic mass is 16.3. The van der Waals surface area contributed by atoms with Gasteiger partial charge in [-0.2, -0.15) is 0 Å². The summed E-state index contributed by atoms with van der Waals surface area (Å²) in [5.74, 6) is 6.36. The van der Waals surface area contributed by atoms with Gasteiger partial charge in [-0.15, -0.1) is 0 Å². The minimum atomic E-state index is 0.253. The number of aryl methyl sites for hydroxylation is 1. The molecule has 3 aromatic carbocycles. The third kappa shape index (κ3) is 3.94. The van der Waals surface area contributed by atoms with Crippen LogP contribution in [0.1, 0.15) is 16.7 Å². The van der Waals surface area contributed by atoms with Crippen LogP contribution in [0.2, 0.25) is 0 Å². The van der Waals surface area contributed by atoms with E-state index in [2.05, 4.69) is 61.2 Å². The molecule has 0 fully saturated rings. The second kappa shape index (κ2) is 7.35. The number of rotatable bonds is 2. The predicted octanol–water partition coefficient (Wildman–Crippen LogP) is 5.43. The molecule has 0 spiro atoms. The van der Waals surface area contributed by atoms with Crippen LogP contribution in [0.25, 0.3) is 17.2 Å². The van der Waals surface area contributed by atoms with Gasteiger partial charge in [0.25, 0.3) is 0 Å². The Hall–Kier alpha value is -3.24. The van der Waals surface area contributed by atoms with E-state index in [4.69, 9.17) is 0 Å². The third-order valence-corrected chi connectivity index (χ3v) is 3.75. The molecule has 0 unspecified atom stereocenters. The van der Waals surface area contributed by atoms with E-state index in [1.165, 1.54) is 16.7 Å². The van der Waals surface area contributed by atoms with Crippen molar-refractivity contribution in [1.29, 1.82) is 0 Å². The van der Waals surface area contributed by atoms with Crippen LogP contribution in [-0.4, -0.2) is 5.11 Å². The SMILES string of the molecule is Cc1ccc(-c2ccccc2C=CC#Cc2ccc(O)cc2)cc1. The van der Waals surface area contributed by atoms with Gasteiger partial charge in [-0.05, 0) is 60.0 Å². The lowest BCUT2D eigenvalue weighted by Gasteiger charge is -2.06. The lowest BCUT2D eigenvalue weighted by Crippen LogP contribution is -1.83. The van der Waals surface area contributed by atoms with E-state index in [0.717, 1.165) is 11.1 Å². The molecule has 0 bridgehead atoms. The van der Waals surface area contributed by atoms with Gasteiger partial charge >= 0.3 is 0 Å². The maximum atomic E-state index is 9.27. The van der Waals surface area contributed by atoms with Crippen LogP contribution in [0.15, 0.2) is 78.9 Å². The Bertz CT molecular complexity index is 905. The van der Waals surface area contributed by atoms with E-state index in [1.54, 1.807) is 24.3 Å². The monoisotopic (exact) mass is 310 g/mol. The van der Waals surface area contributed by atoms with E-state index in [9.17, 15) is 5.11 Å². The van der Waals surface area contributed by atoms with Crippen molar-refractivity contribution in [2.24, 2.45) is 0 Å². The van der Waals surface area contributed by atoms with Crippen LogP contribution >= 0.6 is 0 Å². The largest absolute Gasteiger partial charge is 0.508 e. The highest BCUT2D eigenvalue weighted by Crippen LogP contribution is 2.24. The second-order valence-corrected chi connectivity index (χ2v) is 5.60. The highest BCUT2D eigenvalue weighted by Gasteiger charge is 2.01. The predicted molar refractivity (Wildman–Crippen MR) is 101 cm³/mol. The number of phenolic OH excluding ortho intramolecular Hbond substituents is 1. The van der Waals surface area contributed by atoms with Crippen LogP contribution < -0.4 is 0 Å². The van der Waals surface area contributed by atoms with Gasteiger partial charge in [0, 0.05) is 5.56 Å². The first-order valence-corrected chi connectivity index (χ1v) is 7.85. The first kappa shape index (κ1) is 15.6. The molecule has 1 N–H and O–H groups in total. The average Bonchev–Trinajstić information content (AvgIpc) is 2.61. The summed E-state index contributed by atoms with van der Waals surface area (Å²) in [5, 5.41) is 9.27. The van der Waals surface area contributed by atoms with Crippen molar-refractivity contribution in [2.45, 2.75) is 6.92 Å². The molecule has 0 atom stereocenters. The van der Waals surface area contributed by atoms with Crippen molar-refractivity contribution in [3.8, 4) is 28.7 Å². The lowest BCUT2D eigenvalue weighted by molar-refractivity contribution is 0.475. The standard InChI is InChI=1S/C23H18O/c1-18-10-14-21(15-11-18)23-9-5-4-8-20(23)7-3-2-6-19-12-16-22(24)17-13-19/h3-5,7-17,24H,1H3. The Balaban J connectivity index is 1.83. The summed E-state index contributed by atoms with van der Waals surface area (Å²) in [4.78, 5) is 0. The van der Waals surface area contributed by atoms with Crippen molar-refractivity contribution in [3.05, 3.63) is 95.6 Å². The molecular formula is C23H18O. The molecule has 0 heterocycles. The second-order valence-electron chi connectivity index (χ2n) is 5.60. The number of hydrogen-bond acceptors (Lipinski definition) is 1. The Morgan fingerprint density at radius 2 is 1.54 bits per heavy atom. The highest BCUT2D eigenvalue weighted by molar-refractivity contribution is 5.75. The van der Waals surface area contributed by atoms with Gasteiger partial charge in [0.15, 0.2) is 0 Å². The molecule has 0 aromatic heterocycles. The van der Waals surface area contributed by atoms with Crippen molar-refractivity contribution in [1.82, 2.24) is 0 Å². The zero-order chi connectivity index (χ0) is 16.8. The van der Waals surface area contributed by atoms with Crippen LogP contribution in [0.3, 0.4) is 0 Å².